The molecule has 1 aliphatic heterocycles. The molecule has 1 heterocycles. The van der Waals surface area contributed by atoms with Crippen molar-refractivity contribution >= 4 is 0 Å². The minimum atomic E-state index is -0.403. The molecule has 160 valence electrons. The molecule has 26 heavy (non-hydrogen) atoms. The van der Waals surface area contributed by atoms with Gasteiger partial charge in [-0.1, -0.05) is 65.5 Å². The quantitative estimate of drug-likeness (QED) is 0.157. The Morgan fingerprint density at radius 1 is 0.923 bits per heavy atom. The van der Waals surface area contributed by atoms with Crippen molar-refractivity contribution in [2.45, 2.75) is 111 Å². The summed E-state index contributed by atoms with van der Waals surface area (Å²) in [5.74, 6) is 0. The van der Waals surface area contributed by atoms with Gasteiger partial charge in [0.2, 0.25) is 0 Å². The molecule has 0 spiro atoms. The lowest BCUT2D eigenvalue weighted by molar-refractivity contribution is -0.306. The topological polar surface area (TPSA) is 82.5 Å². The Hall–Kier alpha value is -0.460. The van der Waals surface area contributed by atoms with Crippen molar-refractivity contribution < 1.29 is 25.1 Å². The molecule has 0 amide bonds. The molecule has 1 fully saturated rings. The van der Waals surface area contributed by atoms with Crippen molar-refractivity contribution in [3.63, 3.8) is 0 Å². The minimum absolute atomic E-state index is 0. The fourth-order valence-corrected chi connectivity index (χ4v) is 1.89. The van der Waals surface area contributed by atoms with Crippen LogP contribution in [0, 0.1) is 0 Å². The normalized spacial score (nSPS) is 18.3. The molecule has 0 aromatic rings. The fourth-order valence-electron chi connectivity index (χ4n) is 1.89. The SMILES string of the molecule is C.CC(C)(C)OO.CCCCC/C=C\CO.CCCCC[C@@H]1OC1CO. The number of rotatable bonds is 10. The standard InChI is InChI=1S/C8H16O2.C8H16O.C4H10O2.CH4/c1-2-3-4-5-7-8(6-9)10-7;1-2-3-4-5-6-7-8-9;1-4(2,3)6-5;/h7-9H,2-6H2,1H3;6-7,9H,2-5,8H2,1H3;5H,1-3H3;1H4/b;7-6-;;/t7-,8?;;;/m0.../s1. The van der Waals surface area contributed by atoms with Gasteiger partial charge in [0.1, 0.15) is 6.10 Å². The Labute approximate surface area is 162 Å². The van der Waals surface area contributed by atoms with Crippen molar-refractivity contribution in [2.75, 3.05) is 13.2 Å². The van der Waals surface area contributed by atoms with Crippen LogP contribution in [0.4, 0.5) is 0 Å². The Bertz CT molecular complexity index is 287. The second-order valence-corrected chi connectivity index (χ2v) is 7.24. The smallest absolute Gasteiger partial charge is 0.107 e. The number of aliphatic hydroxyl groups is 2. The summed E-state index contributed by atoms with van der Waals surface area (Å²) >= 11 is 0. The maximum Gasteiger partial charge on any atom is 0.107 e. The van der Waals surface area contributed by atoms with Gasteiger partial charge in [-0.25, -0.2) is 4.89 Å². The summed E-state index contributed by atoms with van der Waals surface area (Å²) in [6.45, 7) is 10.1. The first kappa shape index (κ1) is 30.3. The van der Waals surface area contributed by atoms with Gasteiger partial charge in [-0.15, -0.1) is 0 Å². The zero-order valence-electron chi connectivity index (χ0n) is 17.0. The van der Waals surface area contributed by atoms with Crippen LogP contribution < -0.4 is 0 Å². The van der Waals surface area contributed by atoms with E-state index in [-0.39, 0.29) is 26.7 Å². The molecule has 0 aliphatic carbocycles. The average molecular weight is 379 g/mol. The molecule has 1 unspecified atom stereocenters. The Kier molecular flexibility index (Phi) is 24.3. The molecule has 0 aromatic heterocycles. The highest BCUT2D eigenvalue weighted by atomic mass is 17.1. The summed E-state index contributed by atoms with van der Waals surface area (Å²) in [7, 11) is 0. The summed E-state index contributed by atoms with van der Waals surface area (Å²) in [6, 6.07) is 0. The third-order valence-corrected chi connectivity index (χ3v) is 3.48. The zero-order chi connectivity index (χ0) is 19.6. The Balaban J connectivity index is -0.000000309. The zero-order valence-corrected chi connectivity index (χ0v) is 17.0. The average Bonchev–Trinajstić information content (AvgIpc) is 3.34. The third-order valence-electron chi connectivity index (χ3n) is 3.48. The number of epoxide rings is 1. The summed E-state index contributed by atoms with van der Waals surface area (Å²) < 4.78 is 5.16. The van der Waals surface area contributed by atoms with E-state index in [4.69, 9.17) is 20.2 Å². The van der Waals surface area contributed by atoms with Crippen LogP contribution in [-0.4, -0.2) is 46.5 Å². The van der Waals surface area contributed by atoms with E-state index in [2.05, 4.69) is 18.7 Å². The lowest BCUT2D eigenvalue weighted by Gasteiger charge is -2.10. The first-order valence-corrected chi connectivity index (χ1v) is 9.70. The van der Waals surface area contributed by atoms with E-state index in [1.807, 2.05) is 6.08 Å². The molecule has 0 saturated carbocycles. The van der Waals surface area contributed by atoms with Crippen LogP contribution in [0.3, 0.4) is 0 Å². The van der Waals surface area contributed by atoms with Gasteiger partial charge in [0, 0.05) is 0 Å². The van der Waals surface area contributed by atoms with Crippen molar-refractivity contribution in [3.8, 4) is 0 Å². The van der Waals surface area contributed by atoms with Gasteiger partial charge in [0.25, 0.3) is 0 Å². The van der Waals surface area contributed by atoms with Crippen molar-refractivity contribution in [1.82, 2.24) is 0 Å². The first-order chi connectivity index (χ1) is 11.9. The number of hydrogen-bond donors (Lipinski definition) is 3. The predicted molar refractivity (Wildman–Crippen MR) is 110 cm³/mol. The summed E-state index contributed by atoms with van der Waals surface area (Å²) in [6.07, 6.45) is 14.3. The lowest BCUT2D eigenvalue weighted by Crippen LogP contribution is -2.15. The van der Waals surface area contributed by atoms with Crippen LogP contribution in [-0.2, 0) is 9.62 Å². The lowest BCUT2D eigenvalue weighted by atomic mass is 10.1. The van der Waals surface area contributed by atoms with E-state index in [9.17, 15) is 0 Å². The molecular weight excluding hydrogens is 332 g/mol. The summed E-state index contributed by atoms with van der Waals surface area (Å²) in [5, 5.41) is 24.8. The molecule has 5 heteroatoms. The van der Waals surface area contributed by atoms with Crippen molar-refractivity contribution in [3.05, 3.63) is 12.2 Å². The molecule has 2 atom stereocenters. The van der Waals surface area contributed by atoms with Crippen LogP contribution in [0.25, 0.3) is 0 Å². The molecule has 1 saturated heterocycles. The van der Waals surface area contributed by atoms with E-state index in [0.717, 1.165) is 12.8 Å². The highest BCUT2D eigenvalue weighted by Crippen LogP contribution is 2.26. The van der Waals surface area contributed by atoms with Gasteiger partial charge in [-0.05, 0) is 40.0 Å². The number of unbranched alkanes of at least 4 members (excludes halogenated alkanes) is 5. The fraction of sp³-hybridized carbons (Fsp3) is 0.905. The van der Waals surface area contributed by atoms with Gasteiger partial charge < -0.3 is 14.9 Å². The summed E-state index contributed by atoms with van der Waals surface area (Å²) in [5.41, 5.74) is -0.403. The van der Waals surface area contributed by atoms with Gasteiger partial charge in [0.05, 0.1) is 24.9 Å². The van der Waals surface area contributed by atoms with Crippen LogP contribution in [0.5, 0.6) is 0 Å². The van der Waals surface area contributed by atoms with Crippen LogP contribution in [0.2, 0.25) is 0 Å². The highest BCUT2D eigenvalue weighted by Gasteiger charge is 2.36. The number of hydrogen-bond acceptors (Lipinski definition) is 5. The van der Waals surface area contributed by atoms with Gasteiger partial charge in [-0.2, -0.15) is 0 Å². The second-order valence-electron chi connectivity index (χ2n) is 7.24. The third kappa shape index (κ3) is 25.8. The Morgan fingerprint density at radius 3 is 1.85 bits per heavy atom. The molecule has 0 bridgehead atoms. The molecule has 0 radical (unpaired) electrons. The van der Waals surface area contributed by atoms with E-state index in [0.29, 0.717) is 6.10 Å². The number of aliphatic hydroxyl groups excluding tert-OH is 2. The Morgan fingerprint density at radius 2 is 1.46 bits per heavy atom. The summed E-state index contributed by atoms with van der Waals surface area (Å²) in [4.78, 5) is 3.94. The van der Waals surface area contributed by atoms with Crippen LogP contribution in [0.1, 0.15) is 93.4 Å². The van der Waals surface area contributed by atoms with E-state index < -0.39 is 5.60 Å². The maximum absolute atomic E-state index is 8.61. The maximum atomic E-state index is 8.61. The predicted octanol–water partition coefficient (Wildman–Crippen LogP) is 5.35. The van der Waals surface area contributed by atoms with Gasteiger partial charge in [-0.3, -0.25) is 5.26 Å². The van der Waals surface area contributed by atoms with Crippen LogP contribution >= 0.6 is 0 Å². The van der Waals surface area contributed by atoms with Crippen LogP contribution in [0.15, 0.2) is 12.2 Å². The number of ether oxygens (including phenoxy) is 1. The molecular formula is C21H46O5. The molecule has 5 nitrogen and oxygen atoms in total. The molecule has 3 N–H and O–H groups in total. The monoisotopic (exact) mass is 378 g/mol. The number of allylic oxidation sites excluding steroid dienone is 1. The van der Waals surface area contributed by atoms with E-state index in [1.165, 1.54) is 38.5 Å². The largest absolute Gasteiger partial charge is 0.394 e. The van der Waals surface area contributed by atoms with Gasteiger partial charge >= 0.3 is 0 Å². The minimum Gasteiger partial charge on any atom is -0.394 e. The van der Waals surface area contributed by atoms with Crippen molar-refractivity contribution in [1.29, 1.82) is 0 Å². The second kappa shape index (κ2) is 20.8. The van der Waals surface area contributed by atoms with Crippen molar-refractivity contribution in [2.24, 2.45) is 0 Å². The van der Waals surface area contributed by atoms with E-state index in [1.54, 1.807) is 26.8 Å². The highest BCUT2D eigenvalue weighted by molar-refractivity contribution is 4.83. The van der Waals surface area contributed by atoms with Gasteiger partial charge in [0.15, 0.2) is 0 Å². The molecule has 1 rings (SSSR count). The molecule has 0 aromatic carbocycles. The first-order valence-electron chi connectivity index (χ1n) is 9.70. The molecule has 1 aliphatic rings. The van der Waals surface area contributed by atoms with E-state index >= 15 is 0 Å².